The molecule has 0 unspecified atom stereocenters. The Hall–Kier alpha value is -2.29. The second-order valence-corrected chi connectivity index (χ2v) is 5.08. The van der Waals surface area contributed by atoms with E-state index in [9.17, 15) is 0 Å². The lowest BCUT2D eigenvalue weighted by atomic mass is 10.1. The molecule has 2 aromatic carbocycles. The molecule has 0 spiro atoms. The van der Waals surface area contributed by atoms with Gasteiger partial charge in [0, 0.05) is 11.4 Å². The minimum absolute atomic E-state index is 0.820. The summed E-state index contributed by atoms with van der Waals surface area (Å²) in [4.78, 5) is 4.48. The molecule has 0 amide bonds. The second kappa shape index (κ2) is 4.12. The number of nitrogens with two attached hydrogens (primary N) is 1. The summed E-state index contributed by atoms with van der Waals surface area (Å²) in [5.74, 6) is 0. The van der Waals surface area contributed by atoms with Crippen molar-refractivity contribution in [1.29, 1.82) is 0 Å². The molecule has 0 bridgehead atoms. The number of hydrogen-bond donors (Lipinski definition) is 1. The zero-order chi connectivity index (χ0) is 13.6. The van der Waals surface area contributed by atoms with E-state index >= 15 is 0 Å². The van der Waals surface area contributed by atoms with Gasteiger partial charge in [-0.05, 0) is 67.8 Å². The van der Waals surface area contributed by atoms with Gasteiger partial charge in [-0.3, -0.25) is 4.57 Å². The van der Waals surface area contributed by atoms with Crippen LogP contribution in [0.15, 0.2) is 36.7 Å². The fraction of sp³-hybridized carbons (Fsp3) is 0.188. The Balaban J connectivity index is 2.25. The van der Waals surface area contributed by atoms with Crippen LogP contribution in [-0.4, -0.2) is 9.55 Å². The van der Waals surface area contributed by atoms with Crippen LogP contribution < -0.4 is 5.73 Å². The predicted octanol–water partition coefficient (Wildman–Crippen LogP) is 3.53. The number of nitrogen functional groups attached to an aromatic ring is 1. The van der Waals surface area contributed by atoms with E-state index in [0.29, 0.717) is 0 Å². The van der Waals surface area contributed by atoms with Gasteiger partial charge in [0.15, 0.2) is 0 Å². The van der Waals surface area contributed by atoms with E-state index in [1.54, 1.807) is 0 Å². The summed E-state index contributed by atoms with van der Waals surface area (Å²) >= 11 is 0. The molecule has 0 aliphatic heterocycles. The zero-order valence-corrected chi connectivity index (χ0v) is 11.4. The Kier molecular flexibility index (Phi) is 2.56. The third kappa shape index (κ3) is 1.87. The average Bonchev–Trinajstić information content (AvgIpc) is 2.76. The van der Waals surface area contributed by atoms with Gasteiger partial charge in [0.1, 0.15) is 6.33 Å². The first kappa shape index (κ1) is 11.8. The summed E-state index contributed by atoms with van der Waals surface area (Å²) in [6, 6.07) is 10.4. The smallest absolute Gasteiger partial charge is 0.100 e. The molecule has 0 saturated carbocycles. The van der Waals surface area contributed by atoms with E-state index in [2.05, 4.69) is 41.6 Å². The van der Waals surface area contributed by atoms with Crippen molar-refractivity contribution in [2.45, 2.75) is 20.8 Å². The lowest BCUT2D eigenvalue weighted by molar-refractivity contribution is 1.09. The number of nitrogens with zero attached hydrogens (tertiary/aromatic N) is 2. The number of fused-ring (bicyclic) bond motifs is 1. The monoisotopic (exact) mass is 251 g/mol. The van der Waals surface area contributed by atoms with Crippen LogP contribution in [0.2, 0.25) is 0 Å². The summed E-state index contributed by atoms with van der Waals surface area (Å²) in [6.45, 7) is 6.26. The zero-order valence-electron chi connectivity index (χ0n) is 11.4. The lowest BCUT2D eigenvalue weighted by Gasteiger charge is -2.08. The third-order valence-corrected chi connectivity index (χ3v) is 3.69. The van der Waals surface area contributed by atoms with Crippen molar-refractivity contribution in [3.05, 3.63) is 53.3 Å². The van der Waals surface area contributed by atoms with Gasteiger partial charge in [0.2, 0.25) is 0 Å². The molecular formula is C16H17N3. The number of imidazole rings is 1. The van der Waals surface area contributed by atoms with Gasteiger partial charge in [-0.1, -0.05) is 0 Å². The van der Waals surface area contributed by atoms with Gasteiger partial charge >= 0.3 is 0 Å². The molecule has 0 atom stereocenters. The Morgan fingerprint density at radius 2 is 1.68 bits per heavy atom. The fourth-order valence-electron chi connectivity index (χ4n) is 2.28. The van der Waals surface area contributed by atoms with Gasteiger partial charge in [-0.25, -0.2) is 4.98 Å². The van der Waals surface area contributed by atoms with Crippen molar-refractivity contribution in [3.8, 4) is 5.69 Å². The Bertz CT molecular complexity index is 769. The lowest BCUT2D eigenvalue weighted by Crippen LogP contribution is -1.96. The van der Waals surface area contributed by atoms with Crippen molar-refractivity contribution in [3.63, 3.8) is 0 Å². The first-order chi connectivity index (χ1) is 9.06. The standard InChI is InChI=1S/C16H17N3/c1-10-7-15-16(8-11(10)2)19(9-18-15)13-4-5-14(17)12(3)6-13/h4-9H,17H2,1-3H3. The summed E-state index contributed by atoms with van der Waals surface area (Å²) in [5.41, 5.74) is 13.6. The number of anilines is 1. The largest absolute Gasteiger partial charge is 0.399 e. The summed E-state index contributed by atoms with van der Waals surface area (Å²) in [7, 11) is 0. The van der Waals surface area contributed by atoms with Crippen LogP contribution in [0.1, 0.15) is 16.7 Å². The van der Waals surface area contributed by atoms with Crippen molar-refractivity contribution in [2.24, 2.45) is 0 Å². The fourth-order valence-corrected chi connectivity index (χ4v) is 2.28. The molecule has 96 valence electrons. The van der Waals surface area contributed by atoms with E-state index in [1.165, 1.54) is 11.1 Å². The summed E-state index contributed by atoms with van der Waals surface area (Å²) in [5, 5.41) is 0. The molecule has 1 heterocycles. The van der Waals surface area contributed by atoms with Crippen LogP contribution in [0.3, 0.4) is 0 Å². The van der Waals surface area contributed by atoms with Crippen molar-refractivity contribution in [1.82, 2.24) is 9.55 Å². The highest BCUT2D eigenvalue weighted by Gasteiger charge is 2.07. The van der Waals surface area contributed by atoms with E-state index in [4.69, 9.17) is 5.73 Å². The molecule has 0 fully saturated rings. The van der Waals surface area contributed by atoms with Crippen molar-refractivity contribution in [2.75, 3.05) is 5.73 Å². The van der Waals surface area contributed by atoms with E-state index in [0.717, 1.165) is 28.0 Å². The Morgan fingerprint density at radius 3 is 2.42 bits per heavy atom. The molecule has 0 radical (unpaired) electrons. The topological polar surface area (TPSA) is 43.8 Å². The molecule has 0 aliphatic rings. The number of benzene rings is 2. The SMILES string of the molecule is Cc1cc2ncn(-c3ccc(N)c(C)c3)c2cc1C. The Morgan fingerprint density at radius 1 is 0.947 bits per heavy atom. The van der Waals surface area contributed by atoms with Crippen molar-refractivity contribution >= 4 is 16.7 Å². The maximum Gasteiger partial charge on any atom is 0.100 e. The number of aromatic nitrogens is 2. The predicted molar refractivity (Wildman–Crippen MR) is 79.7 cm³/mol. The highest BCUT2D eigenvalue weighted by atomic mass is 15.0. The number of hydrogen-bond acceptors (Lipinski definition) is 2. The average molecular weight is 251 g/mol. The van der Waals surface area contributed by atoms with Gasteiger partial charge in [-0.2, -0.15) is 0 Å². The van der Waals surface area contributed by atoms with Gasteiger partial charge < -0.3 is 5.73 Å². The minimum atomic E-state index is 0.820. The molecule has 3 aromatic rings. The molecule has 2 N–H and O–H groups in total. The van der Waals surface area contributed by atoms with Crippen molar-refractivity contribution < 1.29 is 0 Å². The minimum Gasteiger partial charge on any atom is -0.399 e. The first-order valence-corrected chi connectivity index (χ1v) is 6.37. The third-order valence-electron chi connectivity index (χ3n) is 3.69. The molecule has 19 heavy (non-hydrogen) atoms. The normalized spacial score (nSPS) is 11.1. The maximum absolute atomic E-state index is 5.87. The second-order valence-electron chi connectivity index (χ2n) is 5.08. The summed E-state index contributed by atoms with van der Waals surface area (Å²) in [6.07, 6.45) is 1.87. The number of aryl methyl sites for hydroxylation is 3. The summed E-state index contributed by atoms with van der Waals surface area (Å²) < 4.78 is 2.11. The molecular weight excluding hydrogens is 234 g/mol. The van der Waals surface area contributed by atoms with E-state index in [-0.39, 0.29) is 0 Å². The van der Waals surface area contributed by atoms with Gasteiger partial charge in [0.05, 0.1) is 11.0 Å². The van der Waals surface area contributed by atoms with Crippen LogP contribution >= 0.6 is 0 Å². The van der Waals surface area contributed by atoms with Gasteiger partial charge in [0.25, 0.3) is 0 Å². The molecule has 0 saturated heterocycles. The molecule has 3 rings (SSSR count). The molecule has 0 aliphatic carbocycles. The highest BCUT2D eigenvalue weighted by molar-refractivity contribution is 5.79. The highest BCUT2D eigenvalue weighted by Crippen LogP contribution is 2.23. The van der Waals surface area contributed by atoms with Gasteiger partial charge in [-0.15, -0.1) is 0 Å². The van der Waals surface area contributed by atoms with Crippen LogP contribution in [-0.2, 0) is 0 Å². The van der Waals surface area contributed by atoms with Crippen LogP contribution in [0.25, 0.3) is 16.7 Å². The number of rotatable bonds is 1. The van der Waals surface area contributed by atoms with Crippen LogP contribution in [0.5, 0.6) is 0 Å². The van der Waals surface area contributed by atoms with E-state index in [1.807, 2.05) is 25.4 Å². The van der Waals surface area contributed by atoms with Crippen LogP contribution in [0.4, 0.5) is 5.69 Å². The molecule has 3 heteroatoms. The molecule has 3 nitrogen and oxygen atoms in total. The Labute approximate surface area is 112 Å². The van der Waals surface area contributed by atoms with Crippen LogP contribution in [0, 0.1) is 20.8 Å². The first-order valence-electron chi connectivity index (χ1n) is 6.37. The van der Waals surface area contributed by atoms with E-state index < -0.39 is 0 Å². The molecule has 1 aromatic heterocycles. The quantitative estimate of drug-likeness (QED) is 0.672. The maximum atomic E-state index is 5.87.